The quantitative estimate of drug-likeness (QED) is 0.585. The Labute approximate surface area is 135 Å². The third-order valence-corrected chi connectivity index (χ3v) is 6.60. The van der Waals surface area contributed by atoms with Gasteiger partial charge in [-0.1, -0.05) is 20.8 Å². The molecule has 3 N–H and O–H groups in total. The largest absolute Gasteiger partial charge is 0.508 e. The fourth-order valence-electron chi connectivity index (χ4n) is 4.64. The van der Waals surface area contributed by atoms with Crippen molar-refractivity contribution in [1.29, 1.82) is 0 Å². The molecule has 2 fully saturated rings. The number of hydrogen-bond acceptors (Lipinski definition) is 5. The van der Waals surface area contributed by atoms with E-state index in [-0.39, 0.29) is 28.3 Å². The number of non-ortho nitro benzene ring substituents is 1. The molecule has 3 rings (SSSR count). The Morgan fingerprint density at radius 3 is 2.65 bits per heavy atom. The average Bonchev–Trinajstić information content (AvgIpc) is 2.79. The Morgan fingerprint density at radius 1 is 1.39 bits per heavy atom. The Morgan fingerprint density at radius 2 is 2.09 bits per heavy atom. The summed E-state index contributed by atoms with van der Waals surface area (Å²) < 4.78 is 0. The second-order valence-corrected chi connectivity index (χ2v) is 7.71. The smallest absolute Gasteiger partial charge is 0.270 e. The molecule has 4 atom stereocenters. The lowest BCUT2D eigenvalue weighted by Crippen LogP contribution is -2.46. The van der Waals surface area contributed by atoms with Gasteiger partial charge in [-0.25, -0.2) is 0 Å². The van der Waals surface area contributed by atoms with E-state index in [0.717, 1.165) is 12.8 Å². The highest BCUT2D eigenvalue weighted by Gasteiger charge is 2.65. The van der Waals surface area contributed by atoms with Gasteiger partial charge in [0, 0.05) is 35.7 Å². The van der Waals surface area contributed by atoms with Crippen LogP contribution in [0.5, 0.6) is 5.75 Å². The van der Waals surface area contributed by atoms with Gasteiger partial charge >= 0.3 is 0 Å². The molecule has 2 saturated carbocycles. The van der Waals surface area contributed by atoms with Gasteiger partial charge in [-0.3, -0.25) is 10.1 Å². The van der Waals surface area contributed by atoms with E-state index in [1.165, 1.54) is 18.2 Å². The van der Waals surface area contributed by atoms with Crippen LogP contribution in [0.15, 0.2) is 18.2 Å². The van der Waals surface area contributed by atoms with E-state index in [9.17, 15) is 20.3 Å². The van der Waals surface area contributed by atoms with E-state index >= 15 is 0 Å². The average molecular weight is 320 g/mol. The first-order valence-corrected chi connectivity index (χ1v) is 8.06. The SMILES string of the molecule is CC1(C)[C@@H]2CC[C@@]1(C)[C@H](O)[C@@H]2NCc1cc([N+](=O)[O-])ccc1O. The van der Waals surface area contributed by atoms with Crippen molar-refractivity contribution in [3.63, 3.8) is 0 Å². The van der Waals surface area contributed by atoms with Crippen molar-refractivity contribution in [2.75, 3.05) is 0 Å². The second kappa shape index (κ2) is 5.18. The number of hydrogen-bond donors (Lipinski definition) is 3. The lowest BCUT2D eigenvalue weighted by molar-refractivity contribution is -0.384. The van der Waals surface area contributed by atoms with Crippen LogP contribution in [-0.4, -0.2) is 27.3 Å². The number of phenolic OH excluding ortho intramolecular Hbond substituents is 1. The van der Waals surface area contributed by atoms with Gasteiger partial charge < -0.3 is 15.5 Å². The van der Waals surface area contributed by atoms with Gasteiger partial charge in [0.2, 0.25) is 0 Å². The highest BCUT2D eigenvalue weighted by Crippen LogP contribution is 2.65. The normalized spacial score (nSPS) is 34.7. The fourth-order valence-corrected chi connectivity index (χ4v) is 4.64. The molecular weight excluding hydrogens is 296 g/mol. The van der Waals surface area contributed by atoms with Crippen LogP contribution in [0, 0.1) is 26.9 Å². The third kappa shape index (κ3) is 2.23. The standard InChI is InChI=1S/C17H24N2O4/c1-16(2)12-6-7-17(16,3)15(21)14(12)18-9-10-8-11(19(22)23)4-5-13(10)20/h4-5,8,12,14-15,18,20-21H,6-7,9H2,1-3H3/t12-,14-,15-,17+/m1/s1. The van der Waals surface area contributed by atoms with Crippen LogP contribution in [0.4, 0.5) is 5.69 Å². The number of nitrogens with zero attached hydrogens (tertiary/aromatic N) is 1. The van der Waals surface area contributed by atoms with Gasteiger partial charge in [0.05, 0.1) is 11.0 Å². The lowest BCUT2D eigenvalue weighted by Gasteiger charge is -2.37. The highest BCUT2D eigenvalue weighted by molar-refractivity contribution is 5.43. The number of aliphatic hydroxyl groups is 1. The molecule has 0 amide bonds. The molecule has 23 heavy (non-hydrogen) atoms. The van der Waals surface area contributed by atoms with Gasteiger partial charge in [-0.2, -0.15) is 0 Å². The predicted molar refractivity (Wildman–Crippen MR) is 86.0 cm³/mol. The number of nitro benzene ring substituents is 1. The van der Waals surface area contributed by atoms with Crippen LogP contribution in [0.3, 0.4) is 0 Å². The van der Waals surface area contributed by atoms with Crippen LogP contribution < -0.4 is 5.32 Å². The van der Waals surface area contributed by atoms with E-state index < -0.39 is 11.0 Å². The molecule has 0 unspecified atom stereocenters. The lowest BCUT2D eigenvalue weighted by atomic mass is 9.70. The summed E-state index contributed by atoms with van der Waals surface area (Å²) in [5.74, 6) is 0.398. The monoisotopic (exact) mass is 320 g/mol. The van der Waals surface area contributed by atoms with Gasteiger partial charge in [0.15, 0.2) is 0 Å². The van der Waals surface area contributed by atoms with Gasteiger partial charge in [0.1, 0.15) is 5.75 Å². The number of fused-ring (bicyclic) bond motifs is 2. The van der Waals surface area contributed by atoms with Crippen LogP contribution >= 0.6 is 0 Å². The summed E-state index contributed by atoms with van der Waals surface area (Å²) in [7, 11) is 0. The minimum Gasteiger partial charge on any atom is -0.508 e. The van der Waals surface area contributed by atoms with Crippen LogP contribution in [0.25, 0.3) is 0 Å². The summed E-state index contributed by atoms with van der Waals surface area (Å²) in [5, 5.41) is 34.9. The molecule has 0 spiro atoms. The minimum atomic E-state index is -0.473. The van der Waals surface area contributed by atoms with Crippen molar-refractivity contribution < 1.29 is 15.1 Å². The van der Waals surface area contributed by atoms with E-state index in [4.69, 9.17) is 0 Å². The zero-order chi connectivity index (χ0) is 17.0. The molecule has 126 valence electrons. The van der Waals surface area contributed by atoms with Crippen molar-refractivity contribution in [1.82, 2.24) is 5.32 Å². The topological polar surface area (TPSA) is 95.6 Å². The predicted octanol–water partition coefficient (Wildman–Crippen LogP) is 2.58. The number of rotatable bonds is 4. The molecule has 2 bridgehead atoms. The maximum Gasteiger partial charge on any atom is 0.270 e. The fraction of sp³-hybridized carbons (Fsp3) is 0.647. The summed E-state index contributed by atoms with van der Waals surface area (Å²) in [6.07, 6.45) is 1.64. The maximum absolute atomic E-state index is 10.9. The first-order chi connectivity index (χ1) is 10.7. The molecule has 6 nitrogen and oxygen atoms in total. The number of aliphatic hydroxyl groups excluding tert-OH is 1. The molecule has 1 aromatic rings. The van der Waals surface area contributed by atoms with Crippen LogP contribution in [0.2, 0.25) is 0 Å². The van der Waals surface area contributed by atoms with Gasteiger partial charge in [-0.15, -0.1) is 0 Å². The molecule has 0 heterocycles. The number of aromatic hydroxyl groups is 1. The number of phenols is 1. The van der Waals surface area contributed by atoms with E-state index in [1.54, 1.807) is 0 Å². The molecule has 0 radical (unpaired) electrons. The molecule has 0 aromatic heterocycles. The maximum atomic E-state index is 10.9. The number of benzene rings is 1. The molecule has 1 aromatic carbocycles. The Kier molecular flexibility index (Phi) is 3.65. The summed E-state index contributed by atoms with van der Waals surface area (Å²) in [6, 6.07) is 3.96. The summed E-state index contributed by atoms with van der Waals surface area (Å²) in [4.78, 5) is 10.4. The zero-order valence-corrected chi connectivity index (χ0v) is 13.7. The van der Waals surface area contributed by atoms with E-state index in [1.807, 2.05) is 0 Å². The van der Waals surface area contributed by atoms with Crippen molar-refractivity contribution in [2.45, 2.75) is 52.3 Å². The molecule has 2 aliphatic rings. The van der Waals surface area contributed by atoms with Crippen molar-refractivity contribution in [2.24, 2.45) is 16.7 Å². The second-order valence-electron chi connectivity index (χ2n) is 7.71. The minimum absolute atomic E-state index is 0.0335. The van der Waals surface area contributed by atoms with Gasteiger partial charge in [-0.05, 0) is 30.2 Å². The molecular formula is C17H24N2O4. The zero-order valence-electron chi connectivity index (χ0n) is 13.7. The van der Waals surface area contributed by atoms with Crippen LogP contribution in [0.1, 0.15) is 39.2 Å². The van der Waals surface area contributed by atoms with Gasteiger partial charge in [0.25, 0.3) is 5.69 Å². The first-order valence-electron chi connectivity index (χ1n) is 8.06. The Hall–Kier alpha value is -1.66. The van der Waals surface area contributed by atoms with Crippen LogP contribution in [-0.2, 0) is 6.54 Å². The number of nitrogens with one attached hydrogen (secondary N) is 1. The Bertz CT molecular complexity index is 645. The van der Waals surface area contributed by atoms with Crippen molar-refractivity contribution in [3.05, 3.63) is 33.9 Å². The molecule has 0 saturated heterocycles. The molecule has 6 heteroatoms. The summed E-state index contributed by atoms with van der Waals surface area (Å²) >= 11 is 0. The number of nitro groups is 1. The van der Waals surface area contributed by atoms with Crippen molar-refractivity contribution >= 4 is 5.69 Å². The summed E-state index contributed by atoms with van der Waals surface area (Å²) in [6.45, 7) is 6.86. The van der Waals surface area contributed by atoms with Crippen molar-refractivity contribution in [3.8, 4) is 5.75 Å². The molecule has 2 aliphatic carbocycles. The highest BCUT2D eigenvalue weighted by atomic mass is 16.6. The van der Waals surface area contributed by atoms with E-state index in [0.29, 0.717) is 18.0 Å². The summed E-state index contributed by atoms with van der Waals surface area (Å²) in [5.41, 5.74) is 0.382. The third-order valence-electron chi connectivity index (χ3n) is 6.60. The Balaban J connectivity index is 1.77. The molecule has 0 aliphatic heterocycles. The van der Waals surface area contributed by atoms with E-state index in [2.05, 4.69) is 26.1 Å². The first kappa shape index (κ1) is 16.2.